The maximum atomic E-state index is 6.15. The monoisotopic (exact) mass is 219 g/mol. The Morgan fingerprint density at radius 1 is 1.50 bits per heavy atom. The molecule has 2 N–H and O–H groups in total. The third-order valence-corrected chi connectivity index (χ3v) is 2.66. The molecule has 0 saturated heterocycles. The van der Waals surface area contributed by atoms with Crippen LogP contribution in [0.4, 0.5) is 0 Å². The van der Waals surface area contributed by atoms with E-state index in [0.29, 0.717) is 0 Å². The average Bonchev–Trinajstić information content (AvgIpc) is 2.72. The molecule has 1 heterocycles. The Morgan fingerprint density at radius 3 is 2.81 bits per heavy atom. The van der Waals surface area contributed by atoms with Crippen molar-refractivity contribution in [2.45, 2.75) is 52.6 Å². The van der Waals surface area contributed by atoms with Gasteiger partial charge in [0.15, 0.2) is 0 Å². The molecule has 0 aliphatic rings. The smallest absolute Gasteiger partial charge is 0.0625 e. The lowest BCUT2D eigenvalue weighted by Gasteiger charge is -2.11. The SMILES string of the molecule is CC#CCCC(N)c1cc(CC)nn1CC. The summed E-state index contributed by atoms with van der Waals surface area (Å²) in [6.07, 6.45) is 2.71. The molecule has 0 saturated carbocycles. The molecule has 0 aromatic carbocycles. The van der Waals surface area contributed by atoms with Crippen molar-refractivity contribution in [3.8, 4) is 11.8 Å². The molecule has 0 spiro atoms. The number of aryl methyl sites for hydroxylation is 2. The molecule has 1 unspecified atom stereocenters. The molecule has 1 aromatic rings. The zero-order chi connectivity index (χ0) is 12.0. The van der Waals surface area contributed by atoms with Gasteiger partial charge in [0.2, 0.25) is 0 Å². The quantitative estimate of drug-likeness (QED) is 0.772. The highest BCUT2D eigenvalue weighted by Gasteiger charge is 2.12. The van der Waals surface area contributed by atoms with Gasteiger partial charge in [0, 0.05) is 19.0 Å². The number of hydrogen-bond acceptors (Lipinski definition) is 2. The van der Waals surface area contributed by atoms with E-state index in [4.69, 9.17) is 5.73 Å². The fourth-order valence-corrected chi connectivity index (χ4v) is 1.71. The van der Waals surface area contributed by atoms with Gasteiger partial charge < -0.3 is 5.73 Å². The predicted octanol–water partition coefficient (Wildman–Crippen LogP) is 2.27. The summed E-state index contributed by atoms with van der Waals surface area (Å²) >= 11 is 0. The second kappa shape index (κ2) is 6.34. The molecule has 3 nitrogen and oxygen atoms in total. The summed E-state index contributed by atoms with van der Waals surface area (Å²) in [5.41, 5.74) is 8.41. The van der Waals surface area contributed by atoms with Crippen LogP contribution in [0.1, 0.15) is 51.0 Å². The van der Waals surface area contributed by atoms with E-state index in [1.165, 1.54) is 0 Å². The summed E-state index contributed by atoms with van der Waals surface area (Å²) in [6.45, 7) is 6.94. The van der Waals surface area contributed by atoms with Crippen LogP contribution < -0.4 is 5.73 Å². The fourth-order valence-electron chi connectivity index (χ4n) is 1.71. The van der Waals surface area contributed by atoms with Crippen LogP contribution in [0.25, 0.3) is 0 Å². The van der Waals surface area contributed by atoms with Gasteiger partial charge in [-0.05, 0) is 32.8 Å². The van der Waals surface area contributed by atoms with Gasteiger partial charge in [-0.2, -0.15) is 5.10 Å². The Morgan fingerprint density at radius 2 is 2.25 bits per heavy atom. The zero-order valence-corrected chi connectivity index (χ0v) is 10.5. The minimum atomic E-state index is 0.0496. The summed E-state index contributed by atoms with van der Waals surface area (Å²) < 4.78 is 2.00. The molecular weight excluding hydrogens is 198 g/mol. The lowest BCUT2D eigenvalue weighted by atomic mass is 10.1. The Labute approximate surface area is 98.0 Å². The molecule has 0 bridgehead atoms. The van der Waals surface area contributed by atoms with Crippen LogP contribution in [0.3, 0.4) is 0 Å². The van der Waals surface area contributed by atoms with Gasteiger partial charge in [-0.3, -0.25) is 4.68 Å². The number of nitrogens with two attached hydrogens (primary N) is 1. The highest BCUT2D eigenvalue weighted by molar-refractivity contribution is 5.14. The predicted molar refractivity (Wildman–Crippen MR) is 66.9 cm³/mol. The van der Waals surface area contributed by atoms with Crippen molar-refractivity contribution < 1.29 is 0 Å². The number of nitrogens with zero attached hydrogens (tertiary/aromatic N) is 2. The molecule has 0 aliphatic heterocycles. The van der Waals surface area contributed by atoms with Gasteiger partial charge >= 0.3 is 0 Å². The van der Waals surface area contributed by atoms with Crippen LogP contribution in [-0.4, -0.2) is 9.78 Å². The van der Waals surface area contributed by atoms with Gasteiger partial charge in [0.05, 0.1) is 11.4 Å². The Kier molecular flexibility index (Phi) is 5.07. The normalized spacial score (nSPS) is 12.0. The van der Waals surface area contributed by atoms with E-state index in [9.17, 15) is 0 Å². The molecule has 3 heteroatoms. The fraction of sp³-hybridized carbons (Fsp3) is 0.615. The summed E-state index contributed by atoms with van der Waals surface area (Å²) in [4.78, 5) is 0. The van der Waals surface area contributed by atoms with E-state index in [1.807, 2.05) is 11.6 Å². The van der Waals surface area contributed by atoms with E-state index < -0.39 is 0 Å². The van der Waals surface area contributed by atoms with Crippen molar-refractivity contribution in [3.63, 3.8) is 0 Å². The molecule has 1 aromatic heterocycles. The first-order valence-corrected chi connectivity index (χ1v) is 5.94. The van der Waals surface area contributed by atoms with Gasteiger partial charge in [-0.1, -0.05) is 6.92 Å². The van der Waals surface area contributed by atoms with Crippen molar-refractivity contribution in [3.05, 3.63) is 17.5 Å². The van der Waals surface area contributed by atoms with Crippen LogP contribution in [0.15, 0.2) is 6.07 Å². The molecule has 16 heavy (non-hydrogen) atoms. The van der Waals surface area contributed by atoms with Crippen LogP contribution in [0.5, 0.6) is 0 Å². The summed E-state index contributed by atoms with van der Waals surface area (Å²) in [7, 11) is 0. The van der Waals surface area contributed by atoms with E-state index in [1.54, 1.807) is 0 Å². The topological polar surface area (TPSA) is 43.8 Å². The third-order valence-electron chi connectivity index (χ3n) is 2.66. The summed E-state index contributed by atoms with van der Waals surface area (Å²) in [5.74, 6) is 5.94. The molecule has 0 radical (unpaired) electrons. The minimum Gasteiger partial charge on any atom is -0.323 e. The maximum absolute atomic E-state index is 6.15. The molecule has 1 atom stereocenters. The first kappa shape index (κ1) is 12.8. The van der Waals surface area contributed by atoms with Gasteiger partial charge in [-0.15, -0.1) is 11.8 Å². The highest BCUT2D eigenvalue weighted by Crippen LogP contribution is 2.17. The molecule has 0 aliphatic carbocycles. The lowest BCUT2D eigenvalue weighted by Crippen LogP contribution is -2.15. The van der Waals surface area contributed by atoms with Gasteiger partial charge in [0.1, 0.15) is 0 Å². The maximum Gasteiger partial charge on any atom is 0.0625 e. The van der Waals surface area contributed by atoms with Crippen LogP contribution in [0.2, 0.25) is 0 Å². The second-order valence-corrected chi connectivity index (χ2v) is 3.80. The van der Waals surface area contributed by atoms with Gasteiger partial charge in [0.25, 0.3) is 0 Å². The molecule has 1 rings (SSSR count). The van der Waals surface area contributed by atoms with E-state index in [-0.39, 0.29) is 6.04 Å². The largest absolute Gasteiger partial charge is 0.323 e. The van der Waals surface area contributed by atoms with Crippen LogP contribution >= 0.6 is 0 Å². The Balaban J connectivity index is 2.75. The van der Waals surface area contributed by atoms with Crippen LogP contribution in [0, 0.1) is 11.8 Å². The second-order valence-electron chi connectivity index (χ2n) is 3.80. The summed E-state index contributed by atoms with van der Waals surface area (Å²) in [6, 6.07) is 2.17. The van der Waals surface area contributed by atoms with E-state index in [0.717, 1.165) is 37.2 Å². The lowest BCUT2D eigenvalue weighted by molar-refractivity contribution is 0.549. The Bertz CT molecular complexity index is 382. The molecule has 0 fully saturated rings. The highest BCUT2D eigenvalue weighted by atomic mass is 15.3. The molecule has 88 valence electrons. The first-order valence-electron chi connectivity index (χ1n) is 5.94. The minimum absolute atomic E-state index is 0.0496. The average molecular weight is 219 g/mol. The van der Waals surface area contributed by atoms with Crippen molar-refractivity contribution in [1.29, 1.82) is 0 Å². The van der Waals surface area contributed by atoms with Crippen molar-refractivity contribution in [1.82, 2.24) is 9.78 Å². The van der Waals surface area contributed by atoms with Gasteiger partial charge in [-0.25, -0.2) is 0 Å². The molecular formula is C13H21N3. The van der Waals surface area contributed by atoms with Crippen molar-refractivity contribution in [2.24, 2.45) is 5.73 Å². The standard InChI is InChI=1S/C13H21N3/c1-4-7-8-9-12(14)13-10-11(5-2)15-16(13)6-3/h10,12H,5-6,8-9,14H2,1-3H3. The van der Waals surface area contributed by atoms with Crippen LogP contribution in [-0.2, 0) is 13.0 Å². The number of aromatic nitrogens is 2. The first-order chi connectivity index (χ1) is 7.72. The van der Waals surface area contributed by atoms with Crippen molar-refractivity contribution >= 4 is 0 Å². The number of rotatable bonds is 5. The van der Waals surface area contributed by atoms with E-state index >= 15 is 0 Å². The zero-order valence-electron chi connectivity index (χ0n) is 10.5. The third kappa shape index (κ3) is 3.11. The molecule has 0 amide bonds. The summed E-state index contributed by atoms with van der Waals surface area (Å²) in [5, 5.41) is 4.50. The van der Waals surface area contributed by atoms with Crippen molar-refractivity contribution in [2.75, 3.05) is 0 Å². The number of hydrogen-bond donors (Lipinski definition) is 1. The Hall–Kier alpha value is -1.27. The van der Waals surface area contributed by atoms with E-state index in [2.05, 4.69) is 36.9 Å².